The molecule has 7 heteroatoms. The summed E-state index contributed by atoms with van der Waals surface area (Å²) in [5.41, 5.74) is 1.90. The van der Waals surface area contributed by atoms with Crippen LogP contribution in [0.1, 0.15) is 16.8 Å². The van der Waals surface area contributed by atoms with Crippen LogP contribution < -0.4 is 5.32 Å². The van der Waals surface area contributed by atoms with E-state index >= 15 is 0 Å². The minimum absolute atomic E-state index is 0.0100. The summed E-state index contributed by atoms with van der Waals surface area (Å²) in [6.45, 7) is 1.97. The second-order valence-corrected chi connectivity index (χ2v) is 4.74. The van der Waals surface area contributed by atoms with Gasteiger partial charge in [0.25, 0.3) is 0 Å². The number of aliphatic hydroxyl groups is 1. The molecule has 2 rings (SSSR count). The molecule has 1 heterocycles. The number of hydrogen-bond acceptors (Lipinski definition) is 4. The Labute approximate surface area is 121 Å². The van der Waals surface area contributed by atoms with Crippen molar-refractivity contribution in [2.45, 2.75) is 26.4 Å². The van der Waals surface area contributed by atoms with Crippen LogP contribution in [0.5, 0.6) is 0 Å². The van der Waals surface area contributed by atoms with Gasteiger partial charge in [-0.3, -0.25) is 4.79 Å². The third-order valence-electron chi connectivity index (χ3n) is 2.99. The molecule has 0 unspecified atom stereocenters. The Kier molecular flexibility index (Phi) is 4.99. The molecule has 0 aliphatic heterocycles. The van der Waals surface area contributed by atoms with E-state index < -0.39 is 0 Å². The molecule has 21 heavy (non-hydrogen) atoms. The van der Waals surface area contributed by atoms with Gasteiger partial charge >= 0.3 is 0 Å². The second kappa shape index (κ2) is 6.94. The Balaban J connectivity index is 1.85. The van der Waals surface area contributed by atoms with Crippen molar-refractivity contribution in [1.29, 1.82) is 0 Å². The van der Waals surface area contributed by atoms with Crippen LogP contribution >= 0.6 is 0 Å². The molecule has 0 fully saturated rings. The van der Waals surface area contributed by atoms with Gasteiger partial charge in [-0.15, -0.1) is 5.10 Å². The van der Waals surface area contributed by atoms with Gasteiger partial charge in [0.15, 0.2) is 0 Å². The van der Waals surface area contributed by atoms with Gasteiger partial charge < -0.3 is 10.4 Å². The summed E-state index contributed by atoms with van der Waals surface area (Å²) in [4.78, 5) is 11.8. The van der Waals surface area contributed by atoms with Crippen LogP contribution in [-0.2, 0) is 24.3 Å². The van der Waals surface area contributed by atoms with Gasteiger partial charge in [0.2, 0.25) is 5.91 Å². The first-order valence-electron chi connectivity index (χ1n) is 6.60. The zero-order valence-electron chi connectivity index (χ0n) is 11.7. The van der Waals surface area contributed by atoms with Crippen molar-refractivity contribution in [2.24, 2.45) is 0 Å². The molecule has 6 nitrogen and oxygen atoms in total. The van der Waals surface area contributed by atoms with Crippen molar-refractivity contribution in [1.82, 2.24) is 20.3 Å². The quantitative estimate of drug-likeness (QED) is 0.816. The summed E-state index contributed by atoms with van der Waals surface area (Å²) in [5, 5.41) is 19.1. The summed E-state index contributed by atoms with van der Waals surface area (Å²) in [6.07, 6.45) is 2.02. The summed E-state index contributed by atoms with van der Waals surface area (Å²) >= 11 is 0. The van der Waals surface area contributed by atoms with Crippen LogP contribution in [0, 0.1) is 12.7 Å². The van der Waals surface area contributed by atoms with Crippen LogP contribution in [0.2, 0.25) is 0 Å². The largest absolute Gasteiger partial charge is 0.396 e. The van der Waals surface area contributed by atoms with E-state index in [1.54, 1.807) is 25.3 Å². The number of halogens is 1. The summed E-state index contributed by atoms with van der Waals surface area (Å²) in [6, 6.07) is 4.85. The van der Waals surface area contributed by atoms with Crippen LogP contribution in [0.15, 0.2) is 24.4 Å². The first-order valence-corrected chi connectivity index (χ1v) is 6.60. The number of hydrogen-bond donors (Lipinski definition) is 2. The number of aromatic nitrogens is 3. The van der Waals surface area contributed by atoms with E-state index in [9.17, 15) is 9.18 Å². The maximum atomic E-state index is 13.4. The fourth-order valence-electron chi connectivity index (χ4n) is 1.79. The van der Waals surface area contributed by atoms with Crippen molar-refractivity contribution in [3.63, 3.8) is 0 Å². The molecule has 0 atom stereocenters. The molecule has 0 aliphatic rings. The molecule has 0 spiro atoms. The highest BCUT2D eigenvalue weighted by atomic mass is 19.1. The lowest BCUT2D eigenvalue weighted by atomic mass is 10.1. The third kappa shape index (κ3) is 4.35. The van der Waals surface area contributed by atoms with E-state index in [-0.39, 0.29) is 31.4 Å². The van der Waals surface area contributed by atoms with E-state index in [0.29, 0.717) is 23.2 Å². The molecule has 1 amide bonds. The topological polar surface area (TPSA) is 80.0 Å². The molecule has 1 aromatic heterocycles. The molecule has 1 aromatic carbocycles. The molecule has 0 aliphatic carbocycles. The number of carbonyl (C=O) groups is 1. The molecular weight excluding hydrogens is 275 g/mol. The van der Waals surface area contributed by atoms with Crippen molar-refractivity contribution in [3.05, 3.63) is 47.0 Å². The minimum atomic E-state index is -0.285. The third-order valence-corrected chi connectivity index (χ3v) is 2.99. The number of nitrogens with one attached hydrogen (secondary N) is 1. The first kappa shape index (κ1) is 15.1. The number of aryl methyl sites for hydroxylation is 1. The van der Waals surface area contributed by atoms with Crippen LogP contribution in [-0.4, -0.2) is 32.6 Å². The Morgan fingerprint density at radius 3 is 3.00 bits per heavy atom. The van der Waals surface area contributed by atoms with Gasteiger partial charge in [-0.05, 0) is 24.1 Å². The van der Waals surface area contributed by atoms with Crippen molar-refractivity contribution < 1.29 is 14.3 Å². The Morgan fingerprint density at radius 1 is 1.48 bits per heavy atom. The standard InChI is InChI=1S/C14H17FN4O2/c1-10-2-3-11(6-13(10)15)7-16-14(21)9-19-8-12(4-5-20)17-18-19/h2-3,6,8,20H,4-5,7,9H2,1H3,(H,16,21). The van der Waals surface area contributed by atoms with Gasteiger partial charge in [-0.2, -0.15) is 0 Å². The molecular formula is C14H17FN4O2. The Bertz CT molecular complexity index is 627. The molecule has 0 bridgehead atoms. The number of carbonyl (C=O) groups excluding carboxylic acids is 1. The smallest absolute Gasteiger partial charge is 0.242 e. The number of rotatable bonds is 6. The lowest BCUT2D eigenvalue weighted by molar-refractivity contribution is -0.122. The van der Waals surface area contributed by atoms with Gasteiger partial charge in [0.05, 0.1) is 5.69 Å². The summed E-state index contributed by atoms with van der Waals surface area (Å²) in [5.74, 6) is -0.525. The van der Waals surface area contributed by atoms with E-state index in [4.69, 9.17) is 5.11 Å². The minimum Gasteiger partial charge on any atom is -0.396 e. The van der Waals surface area contributed by atoms with Crippen LogP contribution in [0.3, 0.4) is 0 Å². The molecule has 0 radical (unpaired) electrons. The number of benzene rings is 1. The lowest BCUT2D eigenvalue weighted by Crippen LogP contribution is -2.27. The van der Waals surface area contributed by atoms with Crippen LogP contribution in [0.25, 0.3) is 0 Å². The maximum Gasteiger partial charge on any atom is 0.242 e. The highest BCUT2D eigenvalue weighted by Crippen LogP contribution is 2.08. The zero-order valence-corrected chi connectivity index (χ0v) is 11.7. The first-order chi connectivity index (χ1) is 10.1. The summed E-state index contributed by atoms with van der Waals surface area (Å²) < 4.78 is 14.8. The predicted molar refractivity (Wildman–Crippen MR) is 73.8 cm³/mol. The number of nitrogens with zero attached hydrogens (tertiary/aromatic N) is 3. The Morgan fingerprint density at radius 2 is 2.29 bits per heavy atom. The average Bonchev–Trinajstić information content (AvgIpc) is 2.88. The van der Waals surface area contributed by atoms with Gasteiger partial charge in [0, 0.05) is 25.8 Å². The van der Waals surface area contributed by atoms with Crippen molar-refractivity contribution in [2.75, 3.05) is 6.61 Å². The monoisotopic (exact) mass is 292 g/mol. The number of amides is 1. The van der Waals surface area contributed by atoms with Crippen molar-refractivity contribution in [3.8, 4) is 0 Å². The fourth-order valence-corrected chi connectivity index (χ4v) is 1.79. The zero-order chi connectivity index (χ0) is 15.2. The number of aliphatic hydroxyl groups excluding tert-OH is 1. The van der Waals surface area contributed by atoms with Crippen LogP contribution in [0.4, 0.5) is 4.39 Å². The van der Waals surface area contributed by atoms with E-state index in [0.717, 1.165) is 0 Å². The molecule has 2 aromatic rings. The SMILES string of the molecule is Cc1ccc(CNC(=O)Cn2cc(CCO)nn2)cc1F. The second-order valence-electron chi connectivity index (χ2n) is 4.74. The van der Waals surface area contributed by atoms with E-state index in [2.05, 4.69) is 15.6 Å². The maximum absolute atomic E-state index is 13.4. The summed E-state index contributed by atoms with van der Waals surface area (Å²) in [7, 11) is 0. The normalized spacial score (nSPS) is 10.6. The Hall–Kier alpha value is -2.28. The lowest BCUT2D eigenvalue weighted by Gasteiger charge is -2.06. The molecule has 112 valence electrons. The average molecular weight is 292 g/mol. The van der Waals surface area contributed by atoms with E-state index in [1.807, 2.05) is 0 Å². The van der Waals surface area contributed by atoms with Gasteiger partial charge in [-0.25, -0.2) is 9.07 Å². The highest BCUT2D eigenvalue weighted by molar-refractivity contribution is 5.75. The van der Waals surface area contributed by atoms with E-state index in [1.165, 1.54) is 10.7 Å². The van der Waals surface area contributed by atoms with Gasteiger partial charge in [0.1, 0.15) is 12.4 Å². The molecule has 0 saturated heterocycles. The molecule has 2 N–H and O–H groups in total. The predicted octanol–water partition coefficient (Wildman–Crippen LogP) is 0.577. The van der Waals surface area contributed by atoms with Crippen molar-refractivity contribution >= 4 is 5.91 Å². The molecule has 0 saturated carbocycles. The fraction of sp³-hybridized carbons (Fsp3) is 0.357. The van der Waals surface area contributed by atoms with Gasteiger partial charge in [-0.1, -0.05) is 17.3 Å². The highest BCUT2D eigenvalue weighted by Gasteiger charge is 2.06.